The first-order valence-corrected chi connectivity index (χ1v) is 5.76. The number of hydrogen-bond donors (Lipinski definition) is 1. The number of carbonyl (C=O) groups excluding carboxylic acids is 2. The maximum atomic E-state index is 11.4. The van der Waals surface area contributed by atoms with Gasteiger partial charge in [0.15, 0.2) is 0 Å². The van der Waals surface area contributed by atoms with Crippen LogP contribution in [0.15, 0.2) is 12.2 Å². The zero-order valence-electron chi connectivity index (χ0n) is 9.48. The summed E-state index contributed by atoms with van der Waals surface area (Å²) < 4.78 is 0. The summed E-state index contributed by atoms with van der Waals surface area (Å²) in [6.07, 6.45) is 5.78. The third-order valence-electron chi connectivity index (χ3n) is 3.56. The Morgan fingerprint density at radius 3 is 2.31 bits per heavy atom. The Labute approximate surface area is 94.9 Å². The van der Waals surface area contributed by atoms with Crippen LogP contribution >= 0.6 is 0 Å². The Morgan fingerprint density at radius 2 is 1.81 bits per heavy atom. The molecule has 88 valence electrons. The first kappa shape index (κ1) is 11.3. The van der Waals surface area contributed by atoms with Gasteiger partial charge >= 0.3 is 0 Å². The molecule has 1 N–H and O–H groups in total. The van der Waals surface area contributed by atoms with Crippen LogP contribution < -0.4 is 0 Å². The highest BCUT2D eigenvalue weighted by Crippen LogP contribution is 2.32. The third-order valence-corrected chi connectivity index (χ3v) is 3.56. The molecule has 1 heterocycles. The van der Waals surface area contributed by atoms with Gasteiger partial charge in [-0.1, -0.05) is 6.92 Å². The van der Waals surface area contributed by atoms with E-state index >= 15 is 0 Å². The predicted octanol–water partition coefficient (Wildman–Crippen LogP) is 0.853. The summed E-state index contributed by atoms with van der Waals surface area (Å²) in [6.45, 7) is 2.30. The highest BCUT2D eigenvalue weighted by Gasteiger charge is 2.37. The summed E-state index contributed by atoms with van der Waals surface area (Å²) in [5, 5.41) is 10.3. The molecule has 1 saturated carbocycles. The molecule has 2 aliphatic rings. The van der Waals surface area contributed by atoms with Crippen LogP contribution in [-0.2, 0) is 9.59 Å². The fourth-order valence-corrected chi connectivity index (χ4v) is 2.34. The van der Waals surface area contributed by atoms with Crippen molar-refractivity contribution in [3.63, 3.8) is 0 Å². The molecule has 0 aromatic heterocycles. The van der Waals surface area contributed by atoms with Crippen molar-refractivity contribution in [2.75, 3.05) is 6.54 Å². The van der Waals surface area contributed by atoms with Crippen LogP contribution in [0.2, 0.25) is 0 Å². The third kappa shape index (κ3) is 2.16. The second kappa shape index (κ2) is 4.01. The fraction of sp³-hybridized carbons (Fsp3) is 0.667. The first-order valence-electron chi connectivity index (χ1n) is 5.76. The van der Waals surface area contributed by atoms with E-state index in [1.54, 1.807) is 0 Å². The van der Waals surface area contributed by atoms with Crippen LogP contribution in [0.4, 0.5) is 0 Å². The summed E-state index contributed by atoms with van der Waals surface area (Å²) in [4.78, 5) is 23.9. The van der Waals surface area contributed by atoms with Gasteiger partial charge in [0.25, 0.3) is 11.8 Å². The number of carbonyl (C=O) groups is 2. The molecule has 0 aromatic rings. The van der Waals surface area contributed by atoms with Crippen molar-refractivity contribution in [1.29, 1.82) is 0 Å². The van der Waals surface area contributed by atoms with Crippen LogP contribution in [0, 0.1) is 5.92 Å². The van der Waals surface area contributed by atoms with E-state index in [2.05, 4.69) is 6.92 Å². The van der Waals surface area contributed by atoms with Crippen molar-refractivity contribution in [2.45, 2.75) is 38.2 Å². The van der Waals surface area contributed by atoms with Gasteiger partial charge < -0.3 is 5.11 Å². The number of imide groups is 1. The Balaban J connectivity index is 1.99. The summed E-state index contributed by atoms with van der Waals surface area (Å²) in [5.74, 6) is 0.0116. The Kier molecular flexibility index (Phi) is 2.84. The van der Waals surface area contributed by atoms with E-state index in [1.165, 1.54) is 12.2 Å². The lowest BCUT2D eigenvalue weighted by Crippen LogP contribution is -2.47. The minimum atomic E-state index is -0.871. The van der Waals surface area contributed by atoms with Crippen LogP contribution in [0.1, 0.15) is 32.6 Å². The molecule has 2 amide bonds. The van der Waals surface area contributed by atoms with Gasteiger partial charge in [-0.3, -0.25) is 14.5 Å². The Morgan fingerprint density at radius 1 is 1.31 bits per heavy atom. The van der Waals surface area contributed by atoms with Crippen molar-refractivity contribution >= 4 is 11.8 Å². The van der Waals surface area contributed by atoms with Crippen molar-refractivity contribution in [1.82, 2.24) is 4.90 Å². The predicted molar refractivity (Wildman–Crippen MR) is 58.4 cm³/mol. The zero-order valence-corrected chi connectivity index (χ0v) is 9.48. The van der Waals surface area contributed by atoms with Crippen molar-refractivity contribution in [2.24, 2.45) is 5.92 Å². The van der Waals surface area contributed by atoms with Gasteiger partial charge in [0.1, 0.15) is 0 Å². The molecule has 1 aliphatic carbocycles. The molecule has 0 unspecified atom stereocenters. The number of hydrogen-bond acceptors (Lipinski definition) is 3. The largest absolute Gasteiger partial charge is 0.388 e. The number of aliphatic hydroxyl groups is 1. The van der Waals surface area contributed by atoms with Gasteiger partial charge in [0.05, 0.1) is 12.1 Å². The van der Waals surface area contributed by atoms with E-state index < -0.39 is 5.60 Å². The summed E-state index contributed by atoms with van der Waals surface area (Å²) in [5.41, 5.74) is -0.871. The van der Waals surface area contributed by atoms with Gasteiger partial charge in [-0.2, -0.15) is 0 Å². The van der Waals surface area contributed by atoms with E-state index in [1.807, 2.05) is 0 Å². The summed E-state index contributed by atoms with van der Waals surface area (Å²) >= 11 is 0. The monoisotopic (exact) mass is 223 g/mol. The Bertz CT molecular complexity index is 322. The lowest BCUT2D eigenvalue weighted by Gasteiger charge is -2.36. The van der Waals surface area contributed by atoms with Gasteiger partial charge in [0.2, 0.25) is 0 Å². The molecule has 0 bridgehead atoms. The average molecular weight is 223 g/mol. The minimum Gasteiger partial charge on any atom is -0.388 e. The topological polar surface area (TPSA) is 57.6 Å². The summed E-state index contributed by atoms with van der Waals surface area (Å²) in [7, 11) is 0. The van der Waals surface area contributed by atoms with E-state index in [0.29, 0.717) is 18.8 Å². The quantitative estimate of drug-likeness (QED) is 0.706. The molecule has 16 heavy (non-hydrogen) atoms. The lowest BCUT2D eigenvalue weighted by molar-refractivity contribution is -0.142. The van der Waals surface area contributed by atoms with Crippen LogP contribution in [-0.4, -0.2) is 34.0 Å². The molecule has 2 rings (SSSR count). The second-order valence-corrected chi connectivity index (χ2v) is 5.00. The standard InChI is InChI=1S/C12H17NO3/c1-9-4-6-12(16,7-5-9)8-13-10(14)2-3-11(13)15/h2-3,9,16H,4-8H2,1H3. The lowest BCUT2D eigenvalue weighted by atomic mass is 9.79. The molecular formula is C12H17NO3. The number of β-amino-alcohol motifs (C(OH)–C–C–N with tert-alkyl or cyclic N) is 1. The average Bonchev–Trinajstić information content (AvgIpc) is 2.55. The van der Waals surface area contributed by atoms with E-state index in [9.17, 15) is 14.7 Å². The van der Waals surface area contributed by atoms with Gasteiger partial charge in [0, 0.05) is 12.2 Å². The number of rotatable bonds is 2. The molecule has 1 aliphatic heterocycles. The van der Waals surface area contributed by atoms with E-state index in [-0.39, 0.29) is 18.4 Å². The molecule has 0 spiro atoms. The minimum absolute atomic E-state index is 0.143. The maximum absolute atomic E-state index is 11.4. The Hall–Kier alpha value is -1.16. The molecule has 0 atom stereocenters. The zero-order chi connectivity index (χ0) is 11.8. The summed E-state index contributed by atoms with van der Waals surface area (Å²) in [6, 6.07) is 0. The highest BCUT2D eigenvalue weighted by atomic mass is 16.3. The van der Waals surface area contributed by atoms with Gasteiger partial charge in [-0.05, 0) is 31.6 Å². The van der Waals surface area contributed by atoms with Gasteiger partial charge in [-0.15, -0.1) is 0 Å². The molecule has 0 radical (unpaired) electrons. The van der Waals surface area contributed by atoms with Crippen LogP contribution in [0.25, 0.3) is 0 Å². The normalized spacial score (nSPS) is 34.9. The number of amides is 2. The molecule has 4 nitrogen and oxygen atoms in total. The fourth-order valence-electron chi connectivity index (χ4n) is 2.34. The highest BCUT2D eigenvalue weighted by molar-refractivity contribution is 6.12. The van der Waals surface area contributed by atoms with Crippen LogP contribution in [0.5, 0.6) is 0 Å². The second-order valence-electron chi connectivity index (χ2n) is 5.00. The maximum Gasteiger partial charge on any atom is 0.253 e. The molecule has 0 saturated heterocycles. The first-order chi connectivity index (χ1) is 7.50. The van der Waals surface area contributed by atoms with E-state index in [4.69, 9.17) is 0 Å². The van der Waals surface area contributed by atoms with Gasteiger partial charge in [-0.25, -0.2) is 0 Å². The molecule has 0 aromatic carbocycles. The van der Waals surface area contributed by atoms with E-state index in [0.717, 1.165) is 17.7 Å². The number of nitrogens with zero attached hydrogens (tertiary/aromatic N) is 1. The van der Waals surface area contributed by atoms with Crippen molar-refractivity contribution in [3.8, 4) is 0 Å². The van der Waals surface area contributed by atoms with Crippen LogP contribution in [0.3, 0.4) is 0 Å². The smallest absolute Gasteiger partial charge is 0.253 e. The molecular weight excluding hydrogens is 206 g/mol. The molecule has 4 heteroatoms. The molecule has 1 fully saturated rings. The van der Waals surface area contributed by atoms with Crippen molar-refractivity contribution in [3.05, 3.63) is 12.2 Å². The van der Waals surface area contributed by atoms with Crippen molar-refractivity contribution < 1.29 is 14.7 Å². The SMILES string of the molecule is CC1CCC(O)(CN2C(=O)C=CC2=O)CC1.